The van der Waals surface area contributed by atoms with E-state index in [1.807, 2.05) is 19.1 Å². The number of aryl methyl sites for hydroxylation is 1. The van der Waals surface area contributed by atoms with Gasteiger partial charge in [-0.05, 0) is 48.7 Å². The molecule has 196 valence electrons. The summed E-state index contributed by atoms with van der Waals surface area (Å²) in [6, 6.07) is 11.5. The van der Waals surface area contributed by atoms with Crippen LogP contribution in [0.15, 0.2) is 56.5 Å². The van der Waals surface area contributed by atoms with Crippen LogP contribution in [-0.2, 0) is 17.6 Å². The number of nitrogens with one attached hydrogen (secondary N) is 2. The Bertz CT molecular complexity index is 1620. The monoisotopic (exact) mass is 629 g/mol. The SMILES string of the molecule is CC[C@@H](Nc1c(Nc2c(F)ccc3c2C(=O)N(c2cc(CI)ccc2CO)C3)c(=O)c1=O)c1ccc(C)o1. The van der Waals surface area contributed by atoms with Gasteiger partial charge in [-0.15, -0.1) is 0 Å². The van der Waals surface area contributed by atoms with Crippen LogP contribution in [0.4, 0.5) is 27.1 Å². The summed E-state index contributed by atoms with van der Waals surface area (Å²) >= 11 is 2.21. The fourth-order valence-corrected chi connectivity index (χ4v) is 5.21. The lowest BCUT2D eigenvalue weighted by atomic mass is 10.1. The Hall–Kier alpha value is -3.51. The molecule has 0 unspecified atom stereocenters. The number of anilines is 4. The van der Waals surface area contributed by atoms with Crippen LogP contribution in [0.25, 0.3) is 0 Å². The van der Waals surface area contributed by atoms with Crippen molar-refractivity contribution in [1.82, 2.24) is 0 Å². The van der Waals surface area contributed by atoms with Crippen molar-refractivity contribution in [3.05, 3.63) is 103 Å². The number of nitrogens with zero attached hydrogens (tertiary/aromatic N) is 1. The molecule has 1 aliphatic heterocycles. The zero-order valence-electron chi connectivity index (χ0n) is 20.7. The molecule has 1 aromatic heterocycles. The van der Waals surface area contributed by atoms with Crippen molar-refractivity contribution in [1.29, 1.82) is 0 Å². The number of fused-ring (bicyclic) bond motifs is 1. The van der Waals surface area contributed by atoms with E-state index in [9.17, 15) is 19.5 Å². The minimum atomic E-state index is -0.797. The molecule has 8 nitrogen and oxygen atoms in total. The van der Waals surface area contributed by atoms with Gasteiger partial charge in [0.25, 0.3) is 16.8 Å². The fourth-order valence-electron chi connectivity index (χ4n) is 4.73. The summed E-state index contributed by atoms with van der Waals surface area (Å²) in [5.74, 6) is 0.125. The maximum atomic E-state index is 15.2. The van der Waals surface area contributed by atoms with Crippen LogP contribution in [0, 0.1) is 12.7 Å². The van der Waals surface area contributed by atoms with Crippen molar-refractivity contribution in [3.8, 4) is 0 Å². The molecular weight excluding hydrogens is 604 g/mol. The lowest BCUT2D eigenvalue weighted by Gasteiger charge is -2.21. The molecule has 0 spiro atoms. The van der Waals surface area contributed by atoms with E-state index in [2.05, 4.69) is 33.2 Å². The summed E-state index contributed by atoms with van der Waals surface area (Å²) in [6.45, 7) is 3.62. The summed E-state index contributed by atoms with van der Waals surface area (Å²) < 4.78 is 21.5. The molecule has 4 aromatic rings. The van der Waals surface area contributed by atoms with E-state index in [4.69, 9.17) is 4.42 Å². The van der Waals surface area contributed by atoms with Gasteiger partial charge in [-0.1, -0.05) is 47.7 Å². The summed E-state index contributed by atoms with van der Waals surface area (Å²) in [6.07, 6.45) is 0.567. The lowest BCUT2D eigenvalue weighted by Crippen LogP contribution is -2.37. The van der Waals surface area contributed by atoms with Gasteiger partial charge < -0.3 is 25.1 Å². The largest absolute Gasteiger partial charge is 0.464 e. The first-order valence-electron chi connectivity index (χ1n) is 12.1. The van der Waals surface area contributed by atoms with Crippen LogP contribution >= 0.6 is 22.6 Å². The van der Waals surface area contributed by atoms with Crippen molar-refractivity contribution in [2.45, 2.75) is 43.9 Å². The van der Waals surface area contributed by atoms with Gasteiger partial charge in [-0.3, -0.25) is 14.4 Å². The Morgan fingerprint density at radius 3 is 2.50 bits per heavy atom. The predicted molar refractivity (Wildman–Crippen MR) is 152 cm³/mol. The number of carbonyl (C=O) groups is 1. The van der Waals surface area contributed by atoms with Crippen LogP contribution in [0.5, 0.6) is 0 Å². The van der Waals surface area contributed by atoms with E-state index >= 15 is 4.39 Å². The van der Waals surface area contributed by atoms with Crippen LogP contribution in [0.1, 0.15) is 58.0 Å². The molecule has 0 fully saturated rings. The Balaban J connectivity index is 1.49. The molecule has 1 amide bonds. The van der Waals surface area contributed by atoms with Gasteiger partial charge in [0.05, 0.1) is 36.1 Å². The van der Waals surface area contributed by atoms with Gasteiger partial charge in [-0.25, -0.2) is 4.39 Å². The topological polar surface area (TPSA) is 112 Å². The smallest absolute Gasteiger partial charge is 0.261 e. The van der Waals surface area contributed by atoms with Crippen LogP contribution in [0.2, 0.25) is 0 Å². The summed E-state index contributed by atoms with van der Waals surface area (Å²) in [4.78, 5) is 40.1. The van der Waals surface area contributed by atoms with E-state index in [0.29, 0.717) is 39.2 Å². The van der Waals surface area contributed by atoms with Crippen LogP contribution in [-0.4, -0.2) is 11.0 Å². The Morgan fingerprint density at radius 2 is 1.84 bits per heavy atom. The molecule has 0 radical (unpaired) electrons. The first-order chi connectivity index (χ1) is 18.3. The zero-order valence-corrected chi connectivity index (χ0v) is 22.9. The number of aliphatic hydroxyl groups excluding tert-OH is 1. The number of benzene rings is 2. The molecule has 1 aliphatic rings. The summed E-state index contributed by atoms with van der Waals surface area (Å²) in [5.41, 5.74) is 0.978. The first kappa shape index (κ1) is 26.1. The van der Waals surface area contributed by atoms with E-state index in [1.165, 1.54) is 17.0 Å². The van der Waals surface area contributed by atoms with Gasteiger partial charge in [-0.2, -0.15) is 0 Å². The van der Waals surface area contributed by atoms with Gasteiger partial charge >= 0.3 is 0 Å². The standard InChI is InChI=1S/C28H25FIN3O5/c1-3-19(21-9-4-14(2)38-21)31-24-25(27(36)26(24)35)32-23-18(29)8-7-16-12-33(28(37)22(16)23)20-10-15(11-30)5-6-17(20)13-34/h4-10,19,31-32,34H,3,11-13H2,1-2H3/t19-/m1/s1. The number of carbonyl (C=O) groups excluding carboxylic acids is 1. The van der Waals surface area contributed by atoms with Gasteiger partial charge in [0, 0.05) is 9.99 Å². The predicted octanol–water partition coefficient (Wildman–Crippen LogP) is 5.22. The molecule has 2 heterocycles. The minimum Gasteiger partial charge on any atom is -0.464 e. The Labute approximate surface area is 231 Å². The number of amides is 1. The van der Waals surface area contributed by atoms with Gasteiger partial charge in [0.15, 0.2) is 0 Å². The second kappa shape index (κ2) is 10.3. The first-order valence-corrected chi connectivity index (χ1v) is 13.6. The summed E-state index contributed by atoms with van der Waals surface area (Å²) in [5, 5.41) is 15.7. The highest BCUT2D eigenvalue weighted by molar-refractivity contribution is 14.1. The highest BCUT2D eigenvalue weighted by atomic mass is 127. The fraction of sp³-hybridized carbons (Fsp3) is 0.250. The normalized spacial score (nSPS) is 13.7. The number of rotatable bonds is 9. The molecular formula is C28H25FIN3O5. The third-order valence-corrected chi connectivity index (χ3v) is 7.67. The maximum absolute atomic E-state index is 15.2. The van der Waals surface area contributed by atoms with Crippen molar-refractivity contribution in [2.24, 2.45) is 0 Å². The number of alkyl halides is 1. The van der Waals surface area contributed by atoms with E-state index in [0.717, 1.165) is 5.56 Å². The van der Waals surface area contributed by atoms with Gasteiger partial charge in [0.1, 0.15) is 28.7 Å². The quantitative estimate of drug-likeness (QED) is 0.132. The molecule has 0 saturated heterocycles. The number of furan rings is 1. The summed E-state index contributed by atoms with van der Waals surface area (Å²) in [7, 11) is 0. The van der Waals surface area contributed by atoms with Crippen LogP contribution in [0.3, 0.4) is 0 Å². The van der Waals surface area contributed by atoms with Crippen molar-refractivity contribution < 1.29 is 18.7 Å². The molecule has 0 saturated carbocycles. The molecule has 5 rings (SSSR count). The second-order valence-electron chi connectivity index (χ2n) is 9.19. The van der Waals surface area contributed by atoms with Crippen molar-refractivity contribution in [2.75, 3.05) is 15.5 Å². The Morgan fingerprint density at radius 1 is 1.08 bits per heavy atom. The molecule has 3 aromatic carbocycles. The Kier molecular flexibility index (Phi) is 7.10. The average molecular weight is 629 g/mol. The van der Waals surface area contributed by atoms with Gasteiger partial charge in [0.2, 0.25) is 0 Å². The third kappa shape index (κ3) is 4.41. The highest BCUT2D eigenvalue weighted by Gasteiger charge is 2.35. The maximum Gasteiger partial charge on any atom is 0.261 e. The molecule has 0 bridgehead atoms. The van der Waals surface area contributed by atoms with E-state index in [-0.39, 0.29) is 41.8 Å². The lowest BCUT2D eigenvalue weighted by molar-refractivity contribution is 0.0996. The minimum absolute atomic E-state index is 0.0209. The zero-order chi connectivity index (χ0) is 27.1. The highest BCUT2D eigenvalue weighted by Crippen LogP contribution is 2.38. The van der Waals surface area contributed by atoms with E-state index in [1.54, 1.807) is 25.1 Å². The van der Waals surface area contributed by atoms with Crippen LogP contribution < -0.4 is 26.4 Å². The second-order valence-corrected chi connectivity index (χ2v) is 9.95. The molecule has 38 heavy (non-hydrogen) atoms. The van der Waals surface area contributed by atoms with Crippen molar-refractivity contribution >= 4 is 51.2 Å². The third-order valence-electron chi connectivity index (χ3n) is 6.79. The van der Waals surface area contributed by atoms with E-state index < -0.39 is 22.6 Å². The molecule has 3 N–H and O–H groups in total. The molecule has 1 atom stereocenters. The number of halogens is 2. The molecule has 10 heteroatoms. The number of aliphatic hydroxyl groups is 1. The number of hydrogen-bond acceptors (Lipinski definition) is 7. The number of hydrogen-bond donors (Lipinski definition) is 3. The average Bonchev–Trinajstić information content (AvgIpc) is 3.51. The van der Waals surface area contributed by atoms with Crippen molar-refractivity contribution in [3.63, 3.8) is 0 Å². The molecule has 0 aliphatic carbocycles.